The van der Waals surface area contributed by atoms with E-state index in [1.54, 1.807) is 31.2 Å². The van der Waals surface area contributed by atoms with Crippen LogP contribution in [0.5, 0.6) is 5.75 Å². The van der Waals surface area contributed by atoms with Crippen molar-refractivity contribution in [3.8, 4) is 5.75 Å². The van der Waals surface area contributed by atoms with Gasteiger partial charge in [0.2, 0.25) is 5.72 Å². The summed E-state index contributed by atoms with van der Waals surface area (Å²) < 4.78 is 6.16. The lowest BCUT2D eigenvalue weighted by Crippen LogP contribution is -2.48. The first kappa shape index (κ1) is 14.7. The maximum absolute atomic E-state index is 12.5. The Morgan fingerprint density at radius 1 is 1.21 bits per heavy atom. The molecule has 6 heteroatoms. The Bertz CT molecular complexity index is 864. The summed E-state index contributed by atoms with van der Waals surface area (Å²) in [5.74, 6) is 0.0297. The van der Waals surface area contributed by atoms with E-state index in [4.69, 9.17) is 4.74 Å². The number of carboxylic acid groups (broad SMARTS) is 1. The highest BCUT2D eigenvalue weighted by Crippen LogP contribution is 2.42. The van der Waals surface area contributed by atoms with Crippen molar-refractivity contribution in [3.05, 3.63) is 64.7 Å². The third-order valence-corrected chi connectivity index (χ3v) is 4.63. The second kappa shape index (κ2) is 5.07. The largest absolute Gasteiger partial charge is 0.464 e. The molecule has 1 atom stereocenters. The van der Waals surface area contributed by atoms with Crippen molar-refractivity contribution in [1.82, 2.24) is 10.2 Å². The maximum Gasteiger partial charge on any atom is 0.417 e. The van der Waals surface area contributed by atoms with E-state index in [1.165, 1.54) is 0 Å². The first-order valence-corrected chi connectivity index (χ1v) is 7.70. The summed E-state index contributed by atoms with van der Waals surface area (Å²) in [6.45, 7) is 3.03. The Hall–Kier alpha value is -2.86. The lowest BCUT2D eigenvalue weighted by atomic mass is 10.0. The normalized spacial score (nSPS) is 21.5. The molecular weight excluding hydrogens is 308 g/mol. The van der Waals surface area contributed by atoms with Crippen LogP contribution in [-0.4, -0.2) is 22.0 Å². The monoisotopic (exact) mass is 324 g/mol. The molecule has 0 aliphatic carbocycles. The van der Waals surface area contributed by atoms with Gasteiger partial charge in [0.05, 0.1) is 0 Å². The number of nitrogens with zero attached hydrogens (tertiary/aromatic N) is 1. The topological polar surface area (TPSA) is 78.9 Å². The van der Waals surface area contributed by atoms with E-state index < -0.39 is 17.7 Å². The van der Waals surface area contributed by atoms with Crippen LogP contribution in [0.25, 0.3) is 0 Å². The molecule has 2 aromatic rings. The van der Waals surface area contributed by atoms with Gasteiger partial charge in [-0.15, -0.1) is 0 Å². The van der Waals surface area contributed by atoms with Crippen molar-refractivity contribution in [1.29, 1.82) is 0 Å². The molecule has 24 heavy (non-hydrogen) atoms. The van der Waals surface area contributed by atoms with E-state index in [-0.39, 0.29) is 0 Å². The highest BCUT2D eigenvalue weighted by atomic mass is 16.5. The van der Waals surface area contributed by atoms with E-state index >= 15 is 0 Å². The lowest BCUT2D eigenvalue weighted by Gasteiger charge is -2.33. The molecule has 0 aromatic heterocycles. The van der Waals surface area contributed by atoms with Gasteiger partial charge in [-0.05, 0) is 17.7 Å². The van der Waals surface area contributed by atoms with Crippen molar-refractivity contribution in [2.75, 3.05) is 0 Å². The molecule has 6 nitrogen and oxygen atoms in total. The predicted molar refractivity (Wildman–Crippen MR) is 85.6 cm³/mol. The van der Waals surface area contributed by atoms with Crippen LogP contribution in [0.2, 0.25) is 0 Å². The molecule has 0 radical (unpaired) electrons. The molecule has 4 rings (SSSR count). The molecule has 122 valence electrons. The molecule has 1 unspecified atom stereocenters. The number of fused-ring (bicyclic) bond motifs is 2. The fourth-order valence-electron chi connectivity index (χ4n) is 3.49. The molecule has 2 aliphatic heterocycles. The Kier molecular flexibility index (Phi) is 3.11. The number of carbonyl (C=O) groups excluding carboxylic acids is 1. The SMILES string of the molecule is CC1(Oc2cccc3c2CNC3)c2ccccc2C(=O)N1C(=O)O. The molecule has 2 N–H and O–H groups in total. The number of nitrogens with one attached hydrogen (secondary N) is 1. The van der Waals surface area contributed by atoms with Gasteiger partial charge in [-0.3, -0.25) is 4.79 Å². The summed E-state index contributed by atoms with van der Waals surface area (Å²) in [7, 11) is 0. The molecule has 0 bridgehead atoms. The van der Waals surface area contributed by atoms with Crippen molar-refractivity contribution >= 4 is 12.0 Å². The van der Waals surface area contributed by atoms with E-state index in [0.29, 0.717) is 23.4 Å². The molecule has 2 aliphatic rings. The van der Waals surface area contributed by atoms with Crippen LogP contribution < -0.4 is 10.1 Å². The standard InChI is InChI=1S/C18H16N2O4/c1-18(24-15-8-4-5-11-9-19-10-13(11)15)14-7-3-2-6-12(14)16(21)20(18)17(22)23/h2-8,19H,9-10H2,1H3,(H,22,23). The van der Waals surface area contributed by atoms with E-state index in [1.807, 2.05) is 18.2 Å². The van der Waals surface area contributed by atoms with Gasteiger partial charge in [0.1, 0.15) is 5.75 Å². The number of hydrogen-bond donors (Lipinski definition) is 2. The third kappa shape index (κ3) is 1.93. The van der Waals surface area contributed by atoms with Crippen LogP contribution in [0.15, 0.2) is 42.5 Å². The summed E-state index contributed by atoms with van der Waals surface area (Å²) in [4.78, 5) is 25.0. The third-order valence-electron chi connectivity index (χ3n) is 4.63. The number of ether oxygens (including phenoxy) is 1. The van der Waals surface area contributed by atoms with E-state index in [2.05, 4.69) is 5.32 Å². The van der Waals surface area contributed by atoms with Gasteiger partial charge in [0.25, 0.3) is 5.91 Å². The fourth-order valence-corrected chi connectivity index (χ4v) is 3.49. The Balaban J connectivity index is 1.84. The summed E-state index contributed by atoms with van der Waals surface area (Å²) >= 11 is 0. The zero-order valence-electron chi connectivity index (χ0n) is 13.1. The minimum absolute atomic E-state index is 0.355. The van der Waals surface area contributed by atoms with Gasteiger partial charge in [-0.25, -0.2) is 4.79 Å². The van der Waals surface area contributed by atoms with Crippen LogP contribution >= 0.6 is 0 Å². The number of hydrogen-bond acceptors (Lipinski definition) is 4. The zero-order valence-corrected chi connectivity index (χ0v) is 13.1. The number of amides is 2. The van der Waals surface area contributed by atoms with Crippen LogP contribution in [0.1, 0.15) is 34.0 Å². The summed E-state index contributed by atoms with van der Waals surface area (Å²) in [6, 6.07) is 12.5. The molecule has 0 saturated carbocycles. The highest BCUT2D eigenvalue weighted by molar-refractivity contribution is 6.07. The second-order valence-electron chi connectivity index (χ2n) is 6.05. The summed E-state index contributed by atoms with van der Waals surface area (Å²) in [5.41, 5.74) is 1.64. The average molecular weight is 324 g/mol. The average Bonchev–Trinajstić information content (AvgIpc) is 3.11. The first-order valence-electron chi connectivity index (χ1n) is 7.70. The minimum atomic E-state index is -1.39. The predicted octanol–water partition coefficient (Wildman–Crippen LogP) is 2.68. The maximum atomic E-state index is 12.5. The van der Waals surface area contributed by atoms with Gasteiger partial charge in [0, 0.05) is 36.7 Å². The Morgan fingerprint density at radius 3 is 2.79 bits per heavy atom. The van der Waals surface area contributed by atoms with Crippen LogP contribution in [0, 0.1) is 0 Å². The summed E-state index contributed by atoms with van der Waals surface area (Å²) in [5, 5.41) is 12.8. The fraction of sp³-hybridized carbons (Fsp3) is 0.222. The van der Waals surface area contributed by atoms with Crippen molar-refractivity contribution in [3.63, 3.8) is 0 Å². The van der Waals surface area contributed by atoms with Crippen LogP contribution in [0.4, 0.5) is 4.79 Å². The molecule has 0 saturated heterocycles. The van der Waals surface area contributed by atoms with Crippen molar-refractivity contribution in [2.45, 2.75) is 25.7 Å². The van der Waals surface area contributed by atoms with Crippen molar-refractivity contribution < 1.29 is 19.4 Å². The number of rotatable bonds is 2. The quantitative estimate of drug-likeness (QED) is 0.888. The molecular formula is C18H16N2O4. The zero-order chi connectivity index (χ0) is 16.9. The smallest absolute Gasteiger partial charge is 0.417 e. The first-order chi connectivity index (χ1) is 11.5. The van der Waals surface area contributed by atoms with Gasteiger partial charge in [-0.1, -0.05) is 30.3 Å². The number of imide groups is 1. The van der Waals surface area contributed by atoms with Gasteiger partial charge in [0.15, 0.2) is 0 Å². The van der Waals surface area contributed by atoms with Crippen LogP contribution in [-0.2, 0) is 18.8 Å². The van der Waals surface area contributed by atoms with Gasteiger partial charge in [-0.2, -0.15) is 4.90 Å². The van der Waals surface area contributed by atoms with Crippen LogP contribution in [0.3, 0.4) is 0 Å². The number of carbonyl (C=O) groups is 2. The molecule has 2 heterocycles. The Labute approximate surface area is 138 Å². The summed E-state index contributed by atoms with van der Waals surface area (Å²) in [6.07, 6.45) is -1.33. The molecule has 0 spiro atoms. The number of benzene rings is 2. The minimum Gasteiger partial charge on any atom is -0.464 e. The van der Waals surface area contributed by atoms with E-state index in [0.717, 1.165) is 22.6 Å². The molecule has 0 fully saturated rings. The highest BCUT2D eigenvalue weighted by Gasteiger charge is 2.52. The van der Waals surface area contributed by atoms with E-state index in [9.17, 15) is 14.7 Å². The second-order valence-corrected chi connectivity index (χ2v) is 6.05. The van der Waals surface area contributed by atoms with Gasteiger partial charge < -0.3 is 15.2 Å². The molecule has 2 amide bonds. The molecule has 2 aromatic carbocycles. The Morgan fingerprint density at radius 2 is 2.00 bits per heavy atom. The van der Waals surface area contributed by atoms with Crippen molar-refractivity contribution in [2.24, 2.45) is 0 Å². The van der Waals surface area contributed by atoms with Gasteiger partial charge >= 0.3 is 6.09 Å². The lowest BCUT2D eigenvalue weighted by molar-refractivity contribution is -0.0351.